The maximum absolute atomic E-state index is 11.9. The van der Waals surface area contributed by atoms with Crippen LogP contribution < -0.4 is 4.74 Å². The summed E-state index contributed by atoms with van der Waals surface area (Å²) in [5.74, 6) is 0.0292. The molecule has 1 aromatic carbocycles. The smallest absolute Gasteiger partial charge is 0.325 e. The van der Waals surface area contributed by atoms with Gasteiger partial charge >= 0.3 is 5.97 Å². The van der Waals surface area contributed by atoms with Gasteiger partial charge in [-0.05, 0) is 31.9 Å². The number of benzene rings is 1. The van der Waals surface area contributed by atoms with Crippen LogP contribution in [-0.2, 0) is 14.3 Å². The third kappa shape index (κ3) is 4.57. The zero-order valence-corrected chi connectivity index (χ0v) is 12.4. The number of carbonyl (C=O) groups excluding carboxylic acids is 2. The van der Waals surface area contributed by atoms with Gasteiger partial charge in [0.05, 0.1) is 6.61 Å². The molecule has 0 saturated heterocycles. The summed E-state index contributed by atoms with van der Waals surface area (Å²) in [6.07, 6.45) is 0. The molecule has 1 aromatic rings. The first-order valence-corrected chi connectivity index (χ1v) is 6.54. The summed E-state index contributed by atoms with van der Waals surface area (Å²) in [7, 11) is 1.55. The number of amides is 1. The molecule has 0 atom stereocenters. The first-order valence-electron chi connectivity index (χ1n) is 6.54. The fourth-order valence-electron chi connectivity index (χ4n) is 1.76. The van der Waals surface area contributed by atoms with Crippen LogP contribution in [0.4, 0.5) is 0 Å². The largest absolute Gasteiger partial charge is 0.483 e. The van der Waals surface area contributed by atoms with Crippen molar-refractivity contribution in [3.05, 3.63) is 29.3 Å². The second-order valence-electron chi connectivity index (χ2n) is 4.56. The minimum atomic E-state index is -0.421. The molecule has 0 aliphatic rings. The molecular formula is C15H21NO4. The van der Waals surface area contributed by atoms with Gasteiger partial charge in [-0.15, -0.1) is 0 Å². The summed E-state index contributed by atoms with van der Waals surface area (Å²) in [4.78, 5) is 24.5. The number of esters is 1. The van der Waals surface area contributed by atoms with Crippen molar-refractivity contribution in [1.82, 2.24) is 4.90 Å². The second kappa shape index (κ2) is 7.53. The van der Waals surface area contributed by atoms with E-state index in [-0.39, 0.29) is 19.1 Å². The zero-order valence-electron chi connectivity index (χ0n) is 12.4. The van der Waals surface area contributed by atoms with Crippen LogP contribution in [0.5, 0.6) is 5.75 Å². The molecule has 0 saturated carbocycles. The Morgan fingerprint density at radius 1 is 1.20 bits per heavy atom. The van der Waals surface area contributed by atoms with E-state index in [0.717, 1.165) is 11.1 Å². The molecule has 1 amide bonds. The van der Waals surface area contributed by atoms with Gasteiger partial charge in [0, 0.05) is 7.05 Å². The summed E-state index contributed by atoms with van der Waals surface area (Å²) < 4.78 is 10.3. The molecule has 0 bridgehead atoms. The van der Waals surface area contributed by atoms with Crippen LogP contribution in [0.25, 0.3) is 0 Å². The van der Waals surface area contributed by atoms with E-state index in [9.17, 15) is 9.59 Å². The van der Waals surface area contributed by atoms with Gasteiger partial charge in [-0.2, -0.15) is 0 Å². The van der Waals surface area contributed by atoms with Gasteiger partial charge in [-0.3, -0.25) is 9.59 Å². The third-order valence-electron chi connectivity index (χ3n) is 2.85. The number of carbonyl (C=O) groups is 2. The molecule has 0 aliphatic heterocycles. The number of para-hydroxylation sites is 1. The zero-order chi connectivity index (χ0) is 15.1. The van der Waals surface area contributed by atoms with Crippen LogP contribution in [0.1, 0.15) is 18.1 Å². The molecule has 0 N–H and O–H groups in total. The topological polar surface area (TPSA) is 55.8 Å². The van der Waals surface area contributed by atoms with Gasteiger partial charge in [0.15, 0.2) is 6.61 Å². The van der Waals surface area contributed by atoms with E-state index in [0.29, 0.717) is 12.4 Å². The summed E-state index contributed by atoms with van der Waals surface area (Å²) in [6, 6.07) is 5.79. The van der Waals surface area contributed by atoms with Gasteiger partial charge in [-0.25, -0.2) is 0 Å². The van der Waals surface area contributed by atoms with E-state index >= 15 is 0 Å². The monoisotopic (exact) mass is 279 g/mol. The highest BCUT2D eigenvalue weighted by atomic mass is 16.5. The lowest BCUT2D eigenvalue weighted by Gasteiger charge is -2.17. The Kier molecular flexibility index (Phi) is 6.03. The molecule has 110 valence electrons. The quantitative estimate of drug-likeness (QED) is 0.744. The maximum Gasteiger partial charge on any atom is 0.325 e. The number of rotatable bonds is 6. The summed E-state index contributed by atoms with van der Waals surface area (Å²) in [5, 5.41) is 0. The van der Waals surface area contributed by atoms with E-state index in [1.807, 2.05) is 32.0 Å². The SMILES string of the molecule is CCOC(=O)CN(C)C(=O)COc1c(C)cccc1C. The number of nitrogens with zero attached hydrogens (tertiary/aromatic N) is 1. The number of likely N-dealkylation sites (N-methyl/N-ethyl adjacent to an activating group) is 1. The van der Waals surface area contributed by atoms with Crippen LogP contribution >= 0.6 is 0 Å². The average Bonchev–Trinajstić information content (AvgIpc) is 2.38. The Bertz CT molecular complexity index is 465. The number of ether oxygens (including phenoxy) is 2. The first kappa shape index (κ1) is 16.0. The number of hydrogen-bond acceptors (Lipinski definition) is 4. The van der Waals surface area contributed by atoms with Crippen molar-refractivity contribution in [2.75, 3.05) is 26.8 Å². The molecule has 0 spiro atoms. The molecule has 0 fully saturated rings. The normalized spacial score (nSPS) is 10.0. The van der Waals surface area contributed by atoms with E-state index in [4.69, 9.17) is 9.47 Å². The molecule has 0 aliphatic carbocycles. The van der Waals surface area contributed by atoms with Gasteiger partial charge in [0.25, 0.3) is 5.91 Å². The Hall–Kier alpha value is -2.04. The van der Waals surface area contributed by atoms with Crippen molar-refractivity contribution in [1.29, 1.82) is 0 Å². The minimum absolute atomic E-state index is 0.0667. The molecular weight excluding hydrogens is 258 g/mol. The van der Waals surface area contributed by atoms with Crippen molar-refractivity contribution in [2.45, 2.75) is 20.8 Å². The standard InChI is InChI=1S/C15H21NO4/c1-5-19-14(18)9-16(4)13(17)10-20-15-11(2)7-6-8-12(15)3/h6-8H,5,9-10H2,1-4H3. The lowest BCUT2D eigenvalue weighted by molar-refractivity contribution is -0.148. The molecule has 0 aromatic heterocycles. The van der Waals surface area contributed by atoms with Crippen molar-refractivity contribution in [2.24, 2.45) is 0 Å². The van der Waals surface area contributed by atoms with Crippen molar-refractivity contribution in [3.8, 4) is 5.75 Å². The Morgan fingerprint density at radius 2 is 1.80 bits per heavy atom. The van der Waals surface area contributed by atoms with Gasteiger partial charge in [0.1, 0.15) is 12.3 Å². The Morgan fingerprint density at radius 3 is 2.35 bits per heavy atom. The van der Waals surface area contributed by atoms with Crippen molar-refractivity contribution in [3.63, 3.8) is 0 Å². The highest BCUT2D eigenvalue weighted by molar-refractivity contribution is 5.82. The second-order valence-corrected chi connectivity index (χ2v) is 4.56. The minimum Gasteiger partial charge on any atom is -0.483 e. The predicted octanol–water partition coefficient (Wildman–Crippen LogP) is 1.70. The van der Waals surface area contributed by atoms with Gasteiger partial charge in [-0.1, -0.05) is 18.2 Å². The van der Waals surface area contributed by atoms with E-state index in [1.54, 1.807) is 14.0 Å². The van der Waals surface area contributed by atoms with Crippen LogP contribution in [0, 0.1) is 13.8 Å². The number of aryl methyl sites for hydroxylation is 2. The lowest BCUT2D eigenvalue weighted by Crippen LogP contribution is -2.36. The average molecular weight is 279 g/mol. The molecule has 0 heterocycles. The van der Waals surface area contributed by atoms with E-state index < -0.39 is 5.97 Å². The lowest BCUT2D eigenvalue weighted by atomic mass is 10.1. The van der Waals surface area contributed by atoms with Crippen LogP contribution in [0.2, 0.25) is 0 Å². The molecule has 1 rings (SSSR count). The van der Waals surface area contributed by atoms with Crippen LogP contribution in [0.3, 0.4) is 0 Å². The third-order valence-corrected chi connectivity index (χ3v) is 2.85. The molecule has 20 heavy (non-hydrogen) atoms. The molecule has 0 unspecified atom stereocenters. The van der Waals surface area contributed by atoms with E-state index in [1.165, 1.54) is 4.90 Å². The summed E-state index contributed by atoms with van der Waals surface area (Å²) >= 11 is 0. The highest BCUT2D eigenvalue weighted by Gasteiger charge is 2.15. The van der Waals surface area contributed by atoms with E-state index in [2.05, 4.69) is 0 Å². The molecule has 0 radical (unpaired) electrons. The predicted molar refractivity (Wildman–Crippen MR) is 75.7 cm³/mol. The Balaban J connectivity index is 2.53. The summed E-state index contributed by atoms with van der Waals surface area (Å²) in [6.45, 7) is 5.72. The van der Waals surface area contributed by atoms with Crippen molar-refractivity contribution >= 4 is 11.9 Å². The first-order chi connectivity index (χ1) is 9.45. The highest BCUT2D eigenvalue weighted by Crippen LogP contribution is 2.22. The molecule has 5 heteroatoms. The fourth-order valence-corrected chi connectivity index (χ4v) is 1.76. The summed E-state index contributed by atoms with van der Waals surface area (Å²) in [5.41, 5.74) is 1.96. The maximum atomic E-state index is 11.9. The fraction of sp³-hybridized carbons (Fsp3) is 0.467. The van der Waals surface area contributed by atoms with Gasteiger partial charge in [0.2, 0.25) is 0 Å². The van der Waals surface area contributed by atoms with Crippen molar-refractivity contribution < 1.29 is 19.1 Å². The molecule has 5 nitrogen and oxygen atoms in total. The Labute approximate surface area is 119 Å². The van der Waals surface area contributed by atoms with Crippen LogP contribution in [0.15, 0.2) is 18.2 Å². The van der Waals surface area contributed by atoms with Crippen LogP contribution in [-0.4, -0.2) is 43.6 Å². The number of hydrogen-bond donors (Lipinski definition) is 0. The van der Waals surface area contributed by atoms with Gasteiger partial charge < -0.3 is 14.4 Å².